The number of halogens is 1. The van der Waals surface area contributed by atoms with Gasteiger partial charge in [0.2, 0.25) is 0 Å². The highest BCUT2D eigenvalue weighted by Crippen LogP contribution is 2.35. The SMILES string of the molecule is CC(C)n1cc(C(C)(C)C(=O)O)c2cc(Cl)ccc21. The fourth-order valence-electron chi connectivity index (χ4n) is 2.27. The summed E-state index contributed by atoms with van der Waals surface area (Å²) in [6.07, 6.45) is 1.93. The molecule has 2 aromatic rings. The van der Waals surface area contributed by atoms with E-state index in [1.807, 2.05) is 24.4 Å². The van der Waals surface area contributed by atoms with Gasteiger partial charge in [0.1, 0.15) is 0 Å². The molecule has 0 bridgehead atoms. The van der Waals surface area contributed by atoms with Crippen LogP contribution >= 0.6 is 11.6 Å². The van der Waals surface area contributed by atoms with Crippen LogP contribution in [0.5, 0.6) is 0 Å². The molecule has 0 aliphatic heterocycles. The van der Waals surface area contributed by atoms with Gasteiger partial charge < -0.3 is 9.67 Å². The zero-order valence-corrected chi connectivity index (χ0v) is 12.3. The van der Waals surface area contributed by atoms with Gasteiger partial charge in [0.25, 0.3) is 0 Å². The fraction of sp³-hybridized carbons (Fsp3) is 0.400. The second kappa shape index (κ2) is 4.57. The Morgan fingerprint density at radius 2 is 2.00 bits per heavy atom. The van der Waals surface area contributed by atoms with E-state index in [1.54, 1.807) is 13.8 Å². The van der Waals surface area contributed by atoms with Crippen LogP contribution in [0.1, 0.15) is 39.3 Å². The van der Waals surface area contributed by atoms with Gasteiger partial charge in [0, 0.05) is 28.2 Å². The van der Waals surface area contributed by atoms with Crippen molar-refractivity contribution in [3.63, 3.8) is 0 Å². The third-order valence-electron chi connectivity index (χ3n) is 3.56. The van der Waals surface area contributed by atoms with E-state index >= 15 is 0 Å². The van der Waals surface area contributed by atoms with Gasteiger partial charge in [-0.15, -0.1) is 0 Å². The number of carboxylic acid groups (broad SMARTS) is 1. The molecule has 0 saturated heterocycles. The molecule has 0 radical (unpaired) electrons. The van der Waals surface area contributed by atoms with Crippen molar-refractivity contribution in [2.24, 2.45) is 0 Å². The number of carboxylic acids is 1. The molecule has 0 spiro atoms. The molecule has 3 nitrogen and oxygen atoms in total. The van der Waals surface area contributed by atoms with Crippen LogP contribution in [-0.4, -0.2) is 15.6 Å². The van der Waals surface area contributed by atoms with Gasteiger partial charge in [-0.1, -0.05) is 11.6 Å². The van der Waals surface area contributed by atoms with Crippen LogP contribution in [0.2, 0.25) is 5.02 Å². The van der Waals surface area contributed by atoms with Crippen molar-refractivity contribution in [2.45, 2.75) is 39.2 Å². The summed E-state index contributed by atoms with van der Waals surface area (Å²) in [6.45, 7) is 7.59. The van der Waals surface area contributed by atoms with E-state index in [0.717, 1.165) is 16.5 Å². The largest absolute Gasteiger partial charge is 0.481 e. The summed E-state index contributed by atoms with van der Waals surface area (Å²) >= 11 is 6.05. The zero-order valence-electron chi connectivity index (χ0n) is 11.6. The lowest BCUT2D eigenvalue weighted by atomic mass is 9.85. The minimum atomic E-state index is -0.941. The Bertz CT molecular complexity index is 641. The third-order valence-corrected chi connectivity index (χ3v) is 3.79. The van der Waals surface area contributed by atoms with E-state index in [0.29, 0.717) is 5.02 Å². The van der Waals surface area contributed by atoms with E-state index < -0.39 is 11.4 Å². The first-order valence-corrected chi connectivity index (χ1v) is 6.67. The second-order valence-corrected chi connectivity index (χ2v) is 6.07. The molecule has 102 valence electrons. The van der Waals surface area contributed by atoms with Crippen LogP contribution in [0.25, 0.3) is 10.9 Å². The first-order chi connectivity index (χ1) is 8.75. The Balaban J connectivity index is 2.81. The zero-order chi connectivity index (χ0) is 14.4. The predicted molar refractivity (Wildman–Crippen MR) is 78.0 cm³/mol. The summed E-state index contributed by atoms with van der Waals surface area (Å²) in [5, 5.41) is 11.0. The van der Waals surface area contributed by atoms with E-state index in [9.17, 15) is 9.90 Å². The van der Waals surface area contributed by atoms with Crippen molar-refractivity contribution in [3.05, 3.63) is 35.0 Å². The van der Waals surface area contributed by atoms with Crippen LogP contribution in [0.3, 0.4) is 0 Å². The maximum absolute atomic E-state index is 11.5. The normalized spacial score (nSPS) is 12.3. The van der Waals surface area contributed by atoms with E-state index in [-0.39, 0.29) is 6.04 Å². The third kappa shape index (κ3) is 2.23. The van der Waals surface area contributed by atoms with Crippen LogP contribution in [0.15, 0.2) is 24.4 Å². The molecule has 0 saturated carbocycles. The topological polar surface area (TPSA) is 42.2 Å². The molecule has 19 heavy (non-hydrogen) atoms. The van der Waals surface area contributed by atoms with Gasteiger partial charge in [0.15, 0.2) is 0 Å². The number of nitrogens with zero attached hydrogens (tertiary/aromatic N) is 1. The number of hydrogen-bond acceptors (Lipinski definition) is 1. The van der Waals surface area contributed by atoms with Crippen molar-refractivity contribution in [2.75, 3.05) is 0 Å². The summed E-state index contributed by atoms with van der Waals surface area (Å²) in [6, 6.07) is 5.89. The van der Waals surface area contributed by atoms with Crippen molar-refractivity contribution in [3.8, 4) is 0 Å². The summed E-state index contributed by atoms with van der Waals surface area (Å²) < 4.78 is 2.09. The number of benzene rings is 1. The summed E-state index contributed by atoms with van der Waals surface area (Å²) in [7, 11) is 0. The summed E-state index contributed by atoms with van der Waals surface area (Å²) in [4.78, 5) is 11.5. The highest BCUT2D eigenvalue weighted by atomic mass is 35.5. The molecule has 0 atom stereocenters. The van der Waals surface area contributed by atoms with Gasteiger partial charge in [-0.25, -0.2) is 0 Å². The molecule has 0 aliphatic carbocycles. The summed E-state index contributed by atoms with van der Waals surface area (Å²) in [5.74, 6) is -0.838. The maximum Gasteiger partial charge on any atom is 0.313 e. The second-order valence-electron chi connectivity index (χ2n) is 5.64. The average molecular weight is 280 g/mol. The molecule has 0 fully saturated rings. The van der Waals surface area contributed by atoms with Gasteiger partial charge >= 0.3 is 5.97 Å². The number of aromatic nitrogens is 1. The van der Waals surface area contributed by atoms with Crippen molar-refractivity contribution in [1.29, 1.82) is 0 Å². The molecule has 0 unspecified atom stereocenters. The monoisotopic (exact) mass is 279 g/mol. The van der Waals surface area contributed by atoms with Crippen LogP contribution in [0, 0.1) is 0 Å². The molecular weight excluding hydrogens is 262 g/mol. The molecule has 2 rings (SSSR count). The number of rotatable bonds is 3. The predicted octanol–water partition coefficient (Wildman–Crippen LogP) is 4.24. The van der Waals surface area contributed by atoms with Gasteiger partial charge in [-0.2, -0.15) is 0 Å². The Labute approximate surface area is 117 Å². The summed E-state index contributed by atoms with van der Waals surface area (Å²) in [5.41, 5.74) is 0.873. The Kier molecular flexibility index (Phi) is 3.35. The Morgan fingerprint density at radius 3 is 2.53 bits per heavy atom. The standard InChI is InChI=1S/C15H18ClNO2/c1-9(2)17-8-12(15(3,4)14(18)19)11-7-10(16)5-6-13(11)17/h5-9H,1-4H3,(H,18,19). The number of fused-ring (bicyclic) bond motifs is 1. The average Bonchev–Trinajstić information content (AvgIpc) is 2.67. The quantitative estimate of drug-likeness (QED) is 0.913. The van der Waals surface area contributed by atoms with Crippen molar-refractivity contribution in [1.82, 2.24) is 4.57 Å². The maximum atomic E-state index is 11.5. The lowest BCUT2D eigenvalue weighted by molar-refractivity contribution is -0.142. The van der Waals surface area contributed by atoms with E-state index in [4.69, 9.17) is 11.6 Å². The molecule has 1 heterocycles. The molecule has 4 heteroatoms. The lowest BCUT2D eigenvalue weighted by Crippen LogP contribution is -2.28. The molecule has 1 aromatic carbocycles. The number of carbonyl (C=O) groups is 1. The molecule has 0 aliphatic rings. The molecule has 0 amide bonds. The van der Waals surface area contributed by atoms with Crippen molar-refractivity contribution >= 4 is 28.5 Å². The minimum absolute atomic E-state index is 0.266. The number of aliphatic carboxylic acids is 1. The van der Waals surface area contributed by atoms with E-state index in [2.05, 4.69) is 18.4 Å². The Hall–Kier alpha value is -1.48. The smallest absolute Gasteiger partial charge is 0.313 e. The minimum Gasteiger partial charge on any atom is -0.481 e. The van der Waals surface area contributed by atoms with Gasteiger partial charge in [-0.3, -0.25) is 4.79 Å². The van der Waals surface area contributed by atoms with E-state index in [1.165, 1.54) is 0 Å². The fourth-order valence-corrected chi connectivity index (χ4v) is 2.44. The highest BCUT2D eigenvalue weighted by Gasteiger charge is 2.33. The highest BCUT2D eigenvalue weighted by molar-refractivity contribution is 6.31. The van der Waals surface area contributed by atoms with Crippen LogP contribution in [-0.2, 0) is 10.2 Å². The lowest BCUT2D eigenvalue weighted by Gasteiger charge is -2.18. The first-order valence-electron chi connectivity index (χ1n) is 6.29. The number of hydrogen-bond donors (Lipinski definition) is 1. The van der Waals surface area contributed by atoms with Crippen LogP contribution < -0.4 is 0 Å². The molecule has 1 N–H and O–H groups in total. The Morgan fingerprint density at radius 1 is 1.37 bits per heavy atom. The molecular formula is C15H18ClNO2. The van der Waals surface area contributed by atoms with Gasteiger partial charge in [-0.05, 0) is 51.5 Å². The molecule has 1 aromatic heterocycles. The first kappa shape index (κ1) is 13.9. The van der Waals surface area contributed by atoms with Crippen LogP contribution in [0.4, 0.5) is 0 Å². The van der Waals surface area contributed by atoms with Crippen molar-refractivity contribution < 1.29 is 9.90 Å². The van der Waals surface area contributed by atoms with Gasteiger partial charge in [0.05, 0.1) is 5.41 Å².